The molecule has 1 aromatic carbocycles. The van der Waals surface area contributed by atoms with Crippen molar-refractivity contribution in [3.63, 3.8) is 0 Å². The van der Waals surface area contributed by atoms with E-state index in [1.807, 2.05) is 6.07 Å². The molecule has 3 aromatic rings. The standard InChI is InChI=1S/C19H21FN4O2S/c1-13(2)24-18-11-21-8-6-17(18)22-19(24)14-7-9-23(12-14)27(25,26)16-5-3-4-15(20)10-16/h3-6,8,10-11,13-14H,7,9,12H2,1-2H3/t14-/m1/s1. The number of benzene rings is 1. The van der Waals surface area contributed by atoms with Gasteiger partial charge in [0.1, 0.15) is 11.6 Å². The van der Waals surface area contributed by atoms with Crippen LogP contribution in [0.4, 0.5) is 4.39 Å². The molecule has 8 heteroatoms. The Morgan fingerprint density at radius 2 is 2.07 bits per heavy atom. The van der Waals surface area contributed by atoms with Crippen LogP contribution >= 0.6 is 0 Å². The summed E-state index contributed by atoms with van der Waals surface area (Å²) in [5.41, 5.74) is 1.81. The average molecular weight is 388 g/mol. The van der Waals surface area contributed by atoms with Gasteiger partial charge < -0.3 is 4.57 Å². The molecule has 0 radical (unpaired) electrons. The van der Waals surface area contributed by atoms with Crippen molar-refractivity contribution in [2.45, 2.75) is 37.1 Å². The normalized spacial score (nSPS) is 18.6. The van der Waals surface area contributed by atoms with Crippen LogP contribution in [0.3, 0.4) is 0 Å². The highest BCUT2D eigenvalue weighted by molar-refractivity contribution is 7.89. The predicted octanol–water partition coefficient (Wildman–Crippen LogP) is 3.33. The van der Waals surface area contributed by atoms with E-state index in [0.29, 0.717) is 19.5 Å². The van der Waals surface area contributed by atoms with Crippen LogP contribution in [0.2, 0.25) is 0 Å². The van der Waals surface area contributed by atoms with Crippen LogP contribution in [0, 0.1) is 5.82 Å². The molecule has 6 nitrogen and oxygen atoms in total. The van der Waals surface area contributed by atoms with Gasteiger partial charge in [0.15, 0.2) is 0 Å². The lowest BCUT2D eigenvalue weighted by molar-refractivity contribution is 0.466. The molecule has 1 fully saturated rings. The van der Waals surface area contributed by atoms with Crippen LogP contribution < -0.4 is 0 Å². The Morgan fingerprint density at radius 3 is 2.81 bits per heavy atom. The number of sulfonamides is 1. The molecule has 0 unspecified atom stereocenters. The van der Waals surface area contributed by atoms with E-state index in [1.165, 1.54) is 22.5 Å². The molecule has 1 aliphatic heterocycles. The Kier molecular flexibility index (Phi) is 4.47. The van der Waals surface area contributed by atoms with Crippen LogP contribution in [0.5, 0.6) is 0 Å². The van der Waals surface area contributed by atoms with Gasteiger partial charge in [-0.15, -0.1) is 0 Å². The second-order valence-electron chi connectivity index (χ2n) is 7.10. The van der Waals surface area contributed by atoms with Gasteiger partial charge in [0.25, 0.3) is 0 Å². The minimum Gasteiger partial charge on any atom is -0.324 e. The summed E-state index contributed by atoms with van der Waals surface area (Å²) < 4.78 is 42.8. The van der Waals surface area contributed by atoms with Crippen LogP contribution in [0.1, 0.15) is 38.1 Å². The maximum Gasteiger partial charge on any atom is 0.243 e. The van der Waals surface area contributed by atoms with Gasteiger partial charge in [-0.2, -0.15) is 4.31 Å². The zero-order valence-corrected chi connectivity index (χ0v) is 16.0. The lowest BCUT2D eigenvalue weighted by Gasteiger charge is -2.18. The van der Waals surface area contributed by atoms with E-state index in [2.05, 4.69) is 23.4 Å². The average Bonchev–Trinajstić information content (AvgIpc) is 3.26. The smallest absolute Gasteiger partial charge is 0.243 e. The Balaban J connectivity index is 1.67. The van der Waals surface area contributed by atoms with Crippen LogP contribution in [0.15, 0.2) is 47.6 Å². The van der Waals surface area contributed by atoms with Crippen molar-refractivity contribution in [3.8, 4) is 0 Å². The number of aromatic nitrogens is 3. The van der Waals surface area contributed by atoms with Gasteiger partial charge >= 0.3 is 0 Å². The molecular formula is C19H21FN4O2S. The van der Waals surface area contributed by atoms with Crippen molar-refractivity contribution in [1.29, 1.82) is 0 Å². The Bertz CT molecular complexity index is 1090. The fraction of sp³-hybridized carbons (Fsp3) is 0.368. The molecule has 1 aliphatic rings. The topological polar surface area (TPSA) is 68.1 Å². The van der Waals surface area contributed by atoms with Crippen molar-refractivity contribution < 1.29 is 12.8 Å². The fourth-order valence-electron chi connectivity index (χ4n) is 3.72. The predicted molar refractivity (Wildman–Crippen MR) is 100 cm³/mol. The molecule has 142 valence electrons. The van der Waals surface area contributed by atoms with Gasteiger partial charge in [-0.1, -0.05) is 6.07 Å². The van der Waals surface area contributed by atoms with E-state index < -0.39 is 15.8 Å². The molecule has 0 bridgehead atoms. The summed E-state index contributed by atoms with van der Waals surface area (Å²) in [6.45, 7) is 4.88. The number of rotatable bonds is 4. The zero-order chi connectivity index (χ0) is 19.2. The summed E-state index contributed by atoms with van der Waals surface area (Å²) >= 11 is 0. The number of halogens is 1. The van der Waals surface area contributed by atoms with Crippen LogP contribution in [-0.2, 0) is 10.0 Å². The maximum atomic E-state index is 13.5. The molecule has 0 saturated carbocycles. The zero-order valence-electron chi connectivity index (χ0n) is 15.2. The number of imidazole rings is 1. The van der Waals surface area contributed by atoms with Crippen molar-refractivity contribution >= 4 is 21.1 Å². The third-order valence-corrected chi connectivity index (χ3v) is 6.85. The molecule has 3 heterocycles. The van der Waals surface area contributed by atoms with Gasteiger partial charge in [-0.3, -0.25) is 4.98 Å². The number of hydrogen-bond acceptors (Lipinski definition) is 4. The second kappa shape index (κ2) is 6.69. The van der Waals surface area contributed by atoms with E-state index in [9.17, 15) is 12.8 Å². The number of pyridine rings is 1. The highest BCUT2D eigenvalue weighted by Crippen LogP contribution is 2.34. The quantitative estimate of drug-likeness (QED) is 0.688. The Morgan fingerprint density at radius 1 is 1.26 bits per heavy atom. The minimum absolute atomic E-state index is 0.00953. The van der Waals surface area contributed by atoms with Crippen molar-refractivity contribution in [3.05, 3.63) is 54.4 Å². The number of nitrogens with zero attached hydrogens (tertiary/aromatic N) is 4. The summed E-state index contributed by atoms with van der Waals surface area (Å²) in [7, 11) is -3.72. The van der Waals surface area contributed by atoms with Crippen LogP contribution in [-0.4, -0.2) is 40.3 Å². The summed E-state index contributed by atoms with van der Waals surface area (Å²) in [5.74, 6) is 0.314. The van der Waals surface area contributed by atoms with Gasteiger partial charge in [-0.05, 0) is 44.5 Å². The molecule has 0 N–H and O–H groups in total. The number of hydrogen-bond donors (Lipinski definition) is 0. The van der Waals surface area contributed by atoms with E-state index in [0.717, 1.165) is 22.9 Å². The third kappa shape index (κ3) is 3.12. The molecular weight excluding hydrogens is 367 g/mol. The Hall–Kier alpha value is -2.32. The molecule has 0 spiro atoms. The highest BCUT2D eigenvalue weighted by Gasteiger charge is 2.36. The molecule has 0 amide bonds. The lowest BCUT2D eigenvalue weighted by Crippen LogP contribution is -2.29. The van der Waals surface area contributed by atoms with Crippen LogP contribution in [0.25, 0.3) is 11.0 Å². The first kappa shape index (κ1) is 18.1. The van der Waals surface area contributed by atoms with Gasteiger partial charge in [0.2, 0.25) is 10.0 Å². The van der Waals surface area contributed by atoms with Crippen molar-refractivity contribution in [2.24, 2.45) is 0 Å². The van der Waals surface area contributed by atoms with Crippen molar-refractivity contribution in [1.82, 2.24) is 18.8 Å². The minimum atomic E-state index is -3.72. The second-order valence-corrected chi connectivity index (χ2v) is 9.04. The first-order valence-corrected chi connectivity index (χ1v) is 10.4. The third-order valence-electron chi connectivity index (χ3n) is 4.99. The lowest BCUT2D eigenvalue weighted by atomic mass is 10.1. The Labute approximate surface area is 157 Å². The molecule has 1 atom stereocenters. The maximum absolute atomic E-state index is 13.5. The first-order chi connectivity index (χ1) is 12.9. The van der Waals surface area contributed by atoms with E-state index in [4.69, 9.17) is 4.98 Å². The van der Waals surface area contributed by atoms with E-state index in [1.54, 1.807) is 12.4 Å². The fourth-order valence-corrected chi connectivity index (χ4v) is 5.26. The largest absolute Gasteiger partial charge is 0.324 e. The summed E-state index contributed by atoms with van der Waals surface area (Å²) in [6, 6.07) is 7.21. The highest BCUT2D eigenvalue weighted by atomic mass is 32.2. The van der Waals surface area contributed by atoms with E-state index >= 15 is 0 Å². The summed E-state index contributed by atoms with van der Waals surface area (Å²) in [4.78, 5) is 8.95. The molecule has 0 aliphatic carbocycles. The first-order valence-electron chi connectivity index (χ1n) is 8.95. The van der Waals surface area contributed by atoms with E-state index in [-0.39, 0.29) is 16.9 Å². The monoisotopic (exact) mass is 388 g/mol. The van der Waals surface area contributed by atoms with Gasteiger partial charge in [0, 0.05) is 31.2 Å². The van der Waals surface area contributed by atoms with Gasteiger partial charge in [0.05, 0.1) is 22.1 Å². The molecule has 1 saturated heterocycles. The summed E-state index contributed by atoms with van der Waals surface area (Å²) in [5, 5.41) is 0. The van der Waals surface area contributed by atoms with Gasteiger partial charge in [-0.25, -0.2) is 17.8 Å². The molecule has 2 aromatic heterocycles. The van der Waals surface area contributed by atoms with Crippen molar-refractivity contribution in [2.75, 3.05) is 13.1 Å². The SMILES string of the molecule is CC(C)n1c([C@@H]2CCN(S(=O)(=O)c3cccc(F)c3)C2)nc2ccncc21. The molecule has 27 heavy (non-hydrogen) atoms. The number of fused-ring (bicyclic) bond motifs is 1. The summed E-state index contributed by atoms with van der Waals surface area (Å²) in [6.07, 6.45) is 4.18. The molecule has 4 rings (SSSR count).